The monoisotopic (exact) mass is 451 g/mol. The quantitative estimate of drug-likeness (QED) is 0.224. The zero-order valence-corrected chi connectivity index (χ0v) is 14.7. The second-order valence-corrected chi connectivity index (χ2v) is 5.75. The average Bonchev–Trinajstić information content (AvgIpc) is 2.41. The van der Waals surface area contributed by atoms with Gasteiger partial charge in [-0.05, 0) is 0 Å². The zero-order chi connectivity index (χ0) is 18.2. The molecule has 9 nitrogen and oxygen atoms in total. The summed E-state index contributed by atoms with van der Waals surface area (Å²) < 4.78 is 21.0. The van der Waals surface area contributed by atoms with Gasteiger partial charge in [-0.2, -0.15) is 0 Å². The summed E-state index contributed by atoms with van der Waals surface area (Å²) in [6.45, 7) is 2.97. The van der Waals surface area contributed by atoms with E-state index in [1.54, 1.807) is 0 Å². The number of aliphatic carboxylic acids is 1. The van der Waals surface area contributed by atoms with Crippen LogP contribution in [0.2, 0.25) is 0 Å². The maximum absolute atomic E-state index is 12.0. The fraction of sp³-hybridized carbons (Fsp3) is 0.545. The fourth-order valence-corrected chi connectivity index (χ4v) is 2.17. The van der Waals surface area contributed by atoms with Crippen molar-refractivity contribution in [2.45, 2.75) is 39.1 Å². The molecule has 0 amide bonds. The molecule has 0 spiro atoms. The molecule has 22 heavy (non-hydrogen) atoms. The van der Waals surface area contributed by atoms with Crippen molar-refractivity contribution < 1.29 is 64.3 Å². The molecule has 0 aliphatic carbocycles. The number of halogens is 1. The number of carboxylic acid groups (broad SMARTS) is 1. The summed E-state index contributed by atoms with van der Waals surface area (Å²) >= 11 is -1.35. The number of hydrogen-bond donors (Lipinski definition) is 1. The molecule has 0 rings (SSSR count). The third-order valence-electron chi connectivity index (χ3n) is 2.04. The molecule has 0 saturated carbocycles. The van der Waals surface area contributed by atoms with Crippen LogP contribution in [-0.4, -0.2) is 53.0 Å². The first kappa shape index (κ1) is 18.7. The Labute approximate surface area is 142 Å². The Bertz CT molecular complexity index is 498. The number of carbonyl (C=O) groups is 5. The molecule has 0 aliphatic heterocycles. The second-order valence-electron chi connectivity index (χ2n) is 3.87. The van der Waals surface area contributed by atoms with Crippen molar-refractivity contribution in [1.29, 1.82) is 0.594 Å². The number of carbonyl (C=O) groups excluding carboxylic acids is 4. The van der Waals surface area contributed by atoms with Crippen LogP contribution in [0.4, 0.5) is 0 Å². The van der Waals surface area contributed by atoms with Gasteiger partial charge in [-0.3, -0.25) is 0 Å². The summed E-state index contributed by atoms with van der Waals surface area (Å²) in [6, 6.07) is 0. The Morgan fingerprint density at radius 3 is 1.95 bits per heavy atom. The number of carboxylic acids is 1. The van der Waals surface area contributed by atoms with E-state index >= 15 is 0 Å². The van der Waals surface area contributed by atoms with Crippen LogP contribution in [0, 0.1) is 0 Å². The molecule has 0 heterocycles. The summed E-state index contributed by atoms with van der Waals surface area (Å²) in [5.74, 6) is -4.70. The van der Waals surface area contributed by atoms with Gasteiger partial charge in [0.05, 0.1) is 0 Å². The van der Waals surface area contributed by atoms with Gasteiger partial charge in [-0.25, -0.2) is 0 Å². The van der Waals surface area contributed by atoms with Crippen LogP contribution in [0.3, 0.4) is 0 Å². The summed E-state index contributed by atoms with van der Waals surface area (Å²) in [6.07, 6.45) is -5.33. The maximum atomic E-state index is 12.0. The van der Waals surface area contributed by atoms with Gasteiger partial charge in [0, 0.05) is 0 Å². The molecule has 1 N–H and O–H groups in total. The molecule has 0 aromatic rings. The summed E-state index contributed by atoms with van der Waals surface area (Å²) in [7, 11) is 0.525. The van der Waals surface area contributed by atoms with Gasteiger partial charge >= 0.3 is 142 Å². The summed E-state index contributed by atoms with van der Waals surface area (Å²) in [5, 5.41) is 7.84. The minimum atomic E-state index is -1.95. The molecule has 0 unspecified atom stereocenters. The van der Waals surface area contributed by atoms with Gasteiger partial charge in [0.25, 0.3) is 0 Å². The first-order valence-corrected chi connectivity index (χ1v) is 9.06. The molecule has 0 saturated heterocycles. The van der Waals surface area contributed by atoms with Crippen molar-refractivity contribution >= 4 is 37.9 Å². The zero-order valence-electron chi connectivity index (χ0n) is 12.7. The van der Waals surface area contributed by atoms with Crippen LogP contribution in [0.1, 0.15) is 20.8 Å². The van der Waals surface area contributed by atoms with Crippen LogP contribution >= 0.6 is 8.93 Å². The van der Waals surface area contributed by atoms with Gasteiger partial charge in [0.1, 0.15) is 0 Å². The molecule has 0 aliphatic rings. The van der Waals surface area contributed by atoms with Crippen LogP contribution in [-0.2, 0) is 38.2 Å². The Hall–Kier alpha value is -1.37. The van der Waals surface area contributed by atoms with Crippen molar-refractivity contribution in [2.24, 2.45) is 0 Å². The van der Waals surface area contributed by atoms with Gasteiger partial charge < -0.3 is 0 Å². The van der Waals surface area contributed by atoms with Crippen LogP contribution in [0.25, 0.3) is 0 Å². The van der Waals surface area contributed by atoms with E-state index in [0.29, 0.717) is 8.93 Å². The predicted octanol–water partition coefficient (Wildman–Crippen LogP) is -3.67. The molecule has 0 fully saturated rings. The van der Waals surface area contributed by atoms with Crippen LogP contribution in [0.15, 0.2) is 0 Å². The van der Waals surface area contributed by atoms with E-state index in [-0.39, 0.29) is 0 Å². The number of ether oxygens (including phenoxy) is 3. The van der Waals surface area contributed by atoms with Crippen molar-refractivity contribution in [3.8, 4) is 0 Å². The molecule has 0 bridgehead atoms. The van der Waals surface area contributed by atoms with E-state index in [2.05, 4.69) is 9.47 Å². The van der Waals surface area contributed by atoms with E-state index < -0.39 is 68.3 Å². The van der Waals surface area contributed by atoms with E-state index in [1.165, 1.54) is 0 Å². The Morgan fingerprint density at radius 2 is 1.55 bits per heavy atom. The standard InChI is InChI=1S/C11H14IO9S/c1-4(9(15)16)19-10(17)7(20-5(2)13)8(11(18)22-12)21-6(3)14/h4,7-8,12H,1-3H3,(H,15,16)/q-1/t4-,7-,8-/m0/s1/i12T. The minimum absolute atomic E-state index is 0.525. The number of hydrogen-bond acceptors (Lipinski definition) is 9. The summed E-state index contributed by atoms with van der Waals surface area (Å²) in [5.41, 5.74) is 0. The number of rotatable bonds is 8. The normalized spacial score (nSPS) is 15.0. The third-order valence-corrected chi connectivity index (χ3v) is 3.73. The predicted molar refractivity (Wildman–Crippen MR) is 68.3 cm³/mol. The van der Waals surface area contributed by atoms with Gasteiger partial charge in [-0.15, -0.1) is 0 Å². The van der Waals surface area contributed by atoms with Gasteiger partial charge in [-0.1, -0.05) is 0 Å². The Morgan fingerprint density at radius 1 is 1.05 bits per heavy atom. The van der Waals surface area contributed by atoms with E-state index in [4.69, 9.17) is 10.4 Å². The molecule has 3 atom stereocenters. The topological polar surface area (TPSA) is 133 Å². The second kappa shape index (κ2) is 9.61. The van der Waals surface area contributed by atoms with Crippen molar-refractivity contribution in [2.75, 3.05) is 0 Å². The Kier molecular flexibility index (Phi) is 8.16. The molecule has 0 aromatic heterocycles. The molecule has 0 radical (unpaired) electrons. The first-order valence-electron chi connectivity index (χ1n) is 6.08. The average molecular weight is 451 g/mol. The molecular formula is C11H14IO9S-. The van der Waals surface area contributed by atoms with Crippen molar-refractivity contribution in [3.05, 3.63) is 0 Å². The SMILES string of the molecule is [3H][I-]SC(=O)[C@@H](OC(C)=O)[C@H](OC(C)=O)C(=O)O[C@@H](C)C(=O)O. The fourth-order valence-electron chi connectivity index (χ4n) is 1.16. The van der Waals surface area contributed by atoms with Gasteiger partial charge in [0.15, 0.2) is 0 Å². The summed E-state index contributed by atoms with van der Waals surface area (Å²) in [4.78, 5) is 56.8. The molecule has 126 valence electrons. The van der Waals surface area contributed by atoms with Crippen LogP contribution in [0.5, 0.6) is 0 Å². The van der Waals surface area contributed by atoms with E-state index in [0.717, 1.165) is 20.8 Å². The molecule has 11 heteroatoms. The Balaban J connectivity index is 5.44. The van der Waals surface area contributed by atoms with E-state index in [1.807, 2.05) is 0 Å². The van der Waals surface area contributed by atoms with E-state index in [9.17, 15) is 24.0 Å². The number of esters is 3. The molecule has 0 aromatic carbocycles. The van der Waals surface area contributed by atoms with Crippen molar-refractivity contribution in [3.63, 3.8) is 0 Å². The first-order chi connectivity index (χ1) is 10.6. The van der Waals surface area contributed by atoms with Gasteiger partial charge in [0.2, 0.25) is 0 Å². The third kappa shape index (κ3) is 7.06. The van der Waals surface area contributed by atoms with Crippen molar-refractivity contribution in [1.82, 2.24) is 0 Å². The molecular weight excluding hydrogens is 435 g/mol. The van der Waals surface area contributed by atoms with Crippen LogP contribution < -0.4 is 21.0 Å².